The third kappa shape index (κ3) is 5.41. The number of aliphatic hydroxyl groups is 1. The Balaban J connectivity index is 2.76. The second-order valence-corrected chi connectivity index (χ2v) is 7.72. The highest BCUT2D eigenvalue weighted by molar-refractivity contribution is 7.89. The van der Waals surface area contributed by atoms with Gasteiger partial charge in [-0.05, 0) is 48.9 Å². The van der Waals surface area contributed by atoms with E-state index in [1.54, 1.807) is 13.0 Å². The minimum Gasteiger partial charge on any atom is -0.392 e. The van der Waals surface area contributed by atoms with Crippen LogP contribution in [0.5, 0.6) is 0 Å². The van der Waals surface area contributed by atoms with E-state index in [4.69, 9.17) is 0 Å². The molecular weight excluding hydrogens is 286 g/mol. The van der Waals surface area contributed by atoms with Crippen molar-refractivity contribution >= 4 is 10.0 Å². The highest BCUT2D eigenvalue weighted by atomic mass is 32.2. The lowest BCUT2D eigenvalue weighted by molar-refractivity contribution is 0.281. The maximum absolute atomic E-state index is 12.4. The van der Waals surface area contributed by atoms with Crippen LogP contribution in [-0.2, 0) is 16.6 Å². The van der Waals surface area contributed by atoms with Gasteiger partial charge in [0.05, 0.1) is 11.5 Å². The van der Waals surface area contributed by atoms with Crippen LogP contribution in [0.4, 0.5) is 0 Å². The molecule has 0 aromatic heterocycles. The first-order valence-electron chi connectivity index (χ1n) is 7.48. The predicted octanol–water partition coefficient (Wildman–Crippen LogP) is 2.90. The van der Waals surface area contributed by atoms with Gasteiger partial charge in [0.1, 0.15) is 0 Å². The van der Waals surface area contributed by atoms with Crippen molar-refractivity contribution in [2.45, 2.75) is 58.5 Å². The van der Waals surface area contributed by atoms with Gasteiger partial charge in [-0.2, -0.15) is 0 Å². The average Bonchev–Trinajstić information content (AvgIpc) is 2.40. The summed E-state index contributed by atoms with van der Waals surface area (Å²) >= 11 is 0. The van der Waals surface area contributed by atoms with E-state index >= 15 is 0 Å². The third-order valence-corrected chi connectivity index (χ3v) is 5.24. The zero-order valence-corrected chi connectivity index (χ0v) is 14.3. The Morgan fingerprint density at radius 1 is 1.19 bits per heavy atom. The van der Waals surface area contributed by atoms with Crippen LogP contribution in [0.1, 0.15) is 49.8 Å². The first kappa shape index (κ1) is 18.1. The van der Waals surface area contributed by atoms with E-state index in [9.17, 15) is 13.5 Å². The van der Waals surface area contributed by atoms with Crippen LogP contribution in [0.25, 0.3) is 0 Å². The molecule has 0 aliphatic carbocycles. The minimum absolute atomic E-state index is 0.155. The van der Waals surface area contributed by atoms with Crippen LogP contribution in [-0.4, -0.2) is 20.1 Å². The van der Waals surface area contributed by atoms with E-state index in [0.29, 0.717) is 18.0 Å². The molecule has 0 atom stereocenters. The molecule has 1 rings (SSSR count). The van der Waals surface area contributed by atoms with Crippen LogP contribution in [0, 0.1) is 19.8 Å². The van der Waals surface area contributed by atoms with Gasteiger partial charge in [-0.25, -0.2) is 13.1 Å². The van der Waals surface area contributed by atoms with Crippen LogP contribution < -0.4 is 4.72 Å². The molecular formula is C16H27NO3S. The Labute approximate surface area is 128 Å². The van der Waals surface area contributed by atoms with Gasteiger partial charge in [0.2, 0.25) is 10.0 Å². The van der Waals surface area contributed by atoms with E-state index in [-0.39, 0.29) is 11.5 Å². The number of unbranched alkanes of at least 4 members (excludes halogenated alkanes) is 1. The minimum atomic E-state index is -3.51. The van der Waals surface area contributed by atoms with E-state index in [1.807, 2.05) is 13.0 Å². The maximum atomic E-state index is 12.4. The molecule has 0 saturated carbocycles. The molecule has 0 aliphatic heterocycles. The van der Waals surface area contributed by atoms with Crippen LogP contribution in [0.15, 0.2) is 17.0 Å². The predicted molar refractivity (Wildman–Crippen MR) is 85.7 cm³/mol. The number of hydrogen-bond acceptors (Lipinski definition) is 3. The molecule has 0 heterocycles. The number of rotatable bonds is 8. The smallest absolute Gasteiger partial charge is 0.240 e. The van der Waals surface area contributed by atoms with Gasteiger partial charge in [-0.3, -0.25) is 0 Å². The molecule has 1 aromatic rings. The molecule has 5 heteroatoms. The fraction of sp³-hybridized carbons (Fsp3) is 0.625. The van der Waals surface area contributed by atoms with Crippen molar-refractivity contribution in [3.8, 4) is 0 Å². The molecule has 1 aromatic carbocycles. The van der Waals surface area contributed by atoms with Gasteiger partial charge in [-0.1, -0.05) is 32.8 Å². The largest absolute Gasteiger partial charge is 0.392 e. The monoisotopic (exact) mass is 313 g/mol. The van der Waals surface area contributed by atoms with Gasteiger partial charge >= 0.3 is 0 Å². The molecule has 0 unspecified atom stereocenters. The molecule has 0 aliphatic rings. The van der Waals surface area contributed by atoms with Crippen molar-refractivity contribution in [3.63, 3.8) is 0 Å². The van der Waals surface area contributed by atoms with Crippen LogP contribution in [0.3, 0.4) is 0 Å². The van der Waals surface area contributed by atoms with Crippen molar-refractivity contribution in [2.24, 2.45) is 5.92 Å². The zero-order valence-electron chi connectivity index (χ0n) is 13.4. The number of nitrogens with one attached hydrogen (secondary N) is 1. The lowest BCUT2D eigenvalue weighted by atomic mass is 10.1. The van der Waals surface area contributed by atoms with Gasteiger partial charge in [0.15, 0.2) is 0 Å². The van der Waals surface area contributed by atoms with Crippen molar-refractivity contribution in [1.82, 2.24) is 4.72 Å². The quantitative estimate of drug-likeness (QED) is 0.725. The summed E-state index contributed by atoms with van der Waals surface area (Å²) in [5.74, 6) is 0.646. The van der Waals surface area contributed by atoms with Gasteiger partial charge < -0.3 is 5.11 Å². The molecule has 21 heavy (non-hydrogen) atoms. The Hall–Kier alpha value is -0.910. The molecule has 0 radical (unpaired) electrons. The van der Waals surface area contributed by atoms with Crippen molar-refractivity contribution in [2.75, 3.05) is 6.54 Å². The van der Waals surface area contributed by atoms with E-state index in [1.165, 1.54) is 0 Å². The number of hydrogen-bond donors (Lipinski definition) is 2. The Morgan fingerprint density at radius 2 is 1.86 bits per heavy atom. The van der Waals surface area contributed by atoms with E-state index < -0.39 is 10.0 Å². The molecule has 120 valence electrons. The van der Waals surface area contributed by atoms with Crippen molar-refractivity contribution in [3.05, 3.63) is 28.8 Å². The van der Waals surface area contributed by atoms with Crippen LogP contribution >= 0.6 is 0 Å². The normalized spacial score (nSPS) is 12.1. The maximum Gasteiger partial charge on any atom is 0.240 e. The molecule has 0 amide bonds. The first-order chi connectivity index (χ1) is 9.77. The first-order valence-corrected chi connectivity index (χ1v) is 8.97. The fourth-order valence-electron chi connectivity index (χ4n) is 2.23. The fourth-order valence-corrected chi connectivity index (χ4v) is 3.67. The van der Waals surface area contributed by atoms with Crippen molar-refractivity contribution < 1.29 is 13.5 Å². The Morgan fingerprint density at radius 3 is 2.43 bits per heavy atom. The van der Waals surface area contributed by atoms with Crippen molar-refractivity contribution in [1.29, 1.82) is 0 Å². The summed E-state index contributed by atoms with van der Waals surface area (Å²) in [5.41, 5.74) is 2.24. The lowest BCUT2D eigenvalue weighted by Crippen LogP contribution is -2.26. The number of sulfonamides is 1. The zero-order chi connectivity index (χ0) is 16.0. The summed E-state index contributed by atoms with van der Waals surface area (Å²) < 4.78 is 27.4. The second-order valence-electron chi connectivity index (χ2n) is 5.98. The van der Waals surface area contributed by atoms with Gasteiger partial charge in [0, 0.05) is 6.54 Å². The second kappa shape index (κ2) is 7.92. The highest BCUT2D eigenvalue weighted by Gasteiger charge is 2.18. The van der Waals surface area contributed by atoms with Crippen LogP contribution in [0.2, 0.25) is 0 Å². The molecule has 0 bridgehead atoms. The SMILES string of the molecule is Cc1cc(CO)cc(S(=O)(=O)NCCCCC(C)C)c1C. The number of benzene rings is 1. The molecule has 0 spiro atoms. The topological polar surface area (TPSA) is 66.4 Å². The number of aryl methyl sites for hydroxylation is 1. The number of aliphatic hydroxyl groups excluding tert-OH is 1. The van der Waals surface area contributed by atoms with E-state index in [0.717, 1.165) is 30.4 Å². The Kier molecular flexibility index (Phi) is 6.84. The standard InChI is InChI=1S/C16H27NO3S/c1-12(2)7-5-6-8-17-21(19,20)16-10-15(11-18)9-13(3)14(16)4/h9-10,12,17-18H,5-8,11H2,1-4H3. The molecule has 0 fully saturated rings. The molecule has 2 N–H and O–H groups in total. The summed E-state index contributed by atoms with van der Waals surface area (Å²) in [6.07, 6.45) is 2.98. The summed E-state index contributed by atoms with van der Waals surface area (Å²) in [5, 5.41) is 9.23. The summed E-state index contributed by atoms with van der Waals surface area (Å²) in [4.78, 5) is 0.274. The van der Waals surface area contributed by atoms with Gasteiger partial charge in [-0.15, -0.1) is 0 Å². The van der Waals surface area contributed by atoms with Gasteiger partial charge in [0.25, 0.3) is 0 Å². The highest BCUT2D eigenvalue weighted by Crippen LogP contribution is 2.21. The van der Waals surface area contributed by atoms with E-state index in [2.05, 4.69) is 18.6 Å². The lowest BCUT2D eigenvalue weighted by Gasteiger charge is -2.13. The summed E-state index contributed by atoms with van der Waals surface area (Å²) in [6, 6.07) is 3.37. The average molecular weight is 313 g/mol. The summed E-state index contributed by atoms with van der Waals surface area (Å²) in [6.45, 7) is 8.28. The third-order valence-electron chi connectivity index (χ3n) is 3.65. The molecule has 4 nitrogen and oxygen atoms in total. The summed E-state index contributed by atoms with van der Waals surface area (Å²) in [7, 11) is -3.51. The Bertz CT molecular complexity index is 565. The molecule has 0 saturated heterocycles.